The topological polar surface area (TPSA) is 84.5 Å². The molecule has 152 valence electrons. The maximum Gasteiger partial charge on any atom is 0.269 e. The summed E-state index contributed by atoms with van der Waals surface area (Å²) in [4.78, 5) is 19.8. The number of aromatic nitrogens is 2. The molecule has 3 aromatic carbocycles. The van der Waals surface area contributed by atoms with Crippen LogP contribution in [0.25, 0.3) is 22.5 Å². The summed E-state index contributed by atoms with van der Waals surface area (Å²) in [7, 11) is 1.76. The summed E-state index contributed by atoms with van der Waals surface area (Å²) in [5.74, 6) is 0.443. The van der Waals surface area contributed by atoms with Crippen molar-refractivity contribution in [3.63, 3.8) is 0 Å². The molecule has 7 heteroatoms. The van der Waals surface area contributed by atoms with E-state index in [9.17, 15) is 10.1 Å². The van der Waals surface area contributed by atoms with Crippen molar-refractivity contribution in [3.8, 4) is 22.5 Å². The lowest BCUT2D eigenvalue weighted by Gasteiger charge is -2.14. The molecule has 0 aliphatic carbocycles. The molecule has 0 atom stereocenters. The molecule has 0 aliphatic rings. The third kappa shape index (κ3) is 4.79. The zero-order valence-corrected chi connectivity index (χ0v) is 16.8. The number of hydrogen-bond acceptors (Lipinski definition) is 6. The molecule has 31 heavy (non-hydrogen) atoms. The van der Waals surface area contributed by atoms with Crippen LogP contribution in [0.5, 0.6) is 0 Å². The molecular formula is C24H19N5O2. The zero-order valence-electron chi connectivity index (χ0n) is 16.8. The first-order valence-electron chi connectivity index (χ1n) is 9.62. The highest BCUT2D eigenvalue weighted by atomic mass is 16.6. The fraction of sp³-hybridized carbons (Fsp3) is 0.0417. The highest BCUT2D eigenvalue weighted by Gasteiger charge is 2.11. The van der Waals surface area contributed by atoms with E-state index in [0.717, 1.165) is 28.1 Å². The molecule has 0 amide bonds. The van der Waals surface area contributed by atoms with E-state index in [1.165, 1.54) is 12.1 Å². The fourth-order valence-electron chi connectivity index (χ4n) is 2.98. The zero-order chi connectivity index (χ0) is 21.6. The largest absolute Gasteiger partial charge is 0.269 e. The Morgan fingerprint density at radius 3 is 1.84 bits per heavy atom. The molecule has 7 nitrogen and oxygen atoms in total. The Balaban J connectivity index is 1.68. The van der Waals surface area contributed by atoms with Crippen LogP contribution in [0.15, 0.2) is 96.1 Å². The van der Waals surface area contributed by atoms with Crippen LogP contribution in [0.3, 0.4) is 0 Å². The number of rotatable bonds is 6. The molecule has 0 fully saturated rings. The van der Waals surface area contributed by atoms with Crippen molar-refractivity contribution in [2.45, 2.75) is 0 Å². The molecule has 0 aliphatic heterocycles. The van der Waals surface area contributed by atoms with E-state index in [0.29, 0.717) is 5.95 Å². The van der Waals surface area contributed by atoms with E-state index in [-0.39, 0.29) is 5.69 Å². The van der Waals surface area contributed by atoms with Crippen molar-refractivity contribution in [2.75, 3.05) is 12.1 Å². The van der Waals surface area contributed by atoms with E-state index in [1.807, 2.05) is 66.7 Å². The van der Waals surface area contributed by atoms with Crippen molar-refractivity contribution < 1.29 is 4.92 Å². The van der Waals surface area contributed by atoms with Gasteiger partial charge in [-0.15, -0.1) is 0 Å². The van der Waals surface area contributed by atoms with Gasteiger partial charge in [-0.05, 0) is 23.8 Å². The Bertz CT molecular complexity index is 1150. The second kappa shape index (κ2) is 8.96. The highest BCUT2D eigenvalue weighted by Crippen LogP contribution is 2.26. The van der Waals surface area contributed by atoms with Crippen molar-refractivity contribution in [2.24, 2.45) is 5.10 Å². The first kappa shape index (κ1) is 19.9. The number of non-ortho nitro benzene ring substituents is 1. The molecule has 0 radical (unpaired) electrons. The van der Waals surface area contributed by atoms with Gasteiger partial charge in [0.15, 0.2) is 0 Å². The highest BCUT2D eigenvalue weighted by molar-refractivity contribution is 5.80. The van der Waals surface area contributed by atoms with Gasteiger partial charge in [-0.1, -0.05) is 60.7 Å². The van der Waals surface area contributed by atoms with Crippen LogP contribution in [0.1, 0.15) is 5.56 Å². The lowest BCUT2D eigenvalue weighted by molar-refractivity contribution is -0.384. The molecular weight excluding hydrogens is 390 g/mol. The van der Waals surface area contributed by atoms with Crippen molar-refractivity contribution >= 4 is 17.9 Å². The predicted octanol–water partition coefficient (Wildman–Crippen LogP) is 5.19. The molecule has 1 aromatic heterocycles. The summed E-state index contributed by atoms with van der Waals surface area (Å²) in [6, 6.07) is 27.9. The maximum absolute atomic E-state index is 10.8. The van der Waals surface area contributed by atoms with Gasteiger partial charge in [0.25, 0.3) is 5.69 Å². The van der Waals surface area contributed by atoms with Crippen molar-refractivity contribution in [1.29, 1.82) is 0 Å². The van der Waals surface area contributed by atoms with E-state index >= 15 is 0 Å². The molecule has 0 spiro atoms. The number of hydrazone groups is 1. The Labute approximate surface area is 179 Å². The molecule has 0 saturated carbocycles. The first-order chi connectivity index (χ1) is 15.1. The van der Waals surface area contributed by atoms with Crippen LogP contribution in [-0.2, 0) is 0 Å². The second-order valence-electron chi connectivity index (χ2n) is 6.79. The Morgan fingerprint density at radius 2 is 1.35 bits per heavy atom. The number of hydrogen-bond donors (Lipinski definition) is 0. The van der Waals surface area contributed by atoms with Crippen molar-refractivity contribution in [1.82, 2.24) is 9.97 Å². The molecule has 1 heterocycles. The number of benzene rings is 3. The maximum atomic E-state index is 10.8. The summed E-state index contributed by atoms with van der Waals surface area (Å²) in [5.41, 5.74) is 4.33. The number of nitro benzene ring substituents is 1. The lowest BCUT2D eigenvalue weighted by atomic mass is 10.1. The molecule has 0 unspecified atom stereocenters. The summed E-state index contributed by atoms with van der Waals surface area (Å²) >= 11 is 0. The first-order valence-corrected chi connectivity index (χ1v) is 9.62. The van der Waals surface area contributed by atoms with E-state index in [1.54, 1.807) is 30.4 Å². The van der Waals surface area contributed by atoms with Crippen LogP contribution in [-0.4, -0.2) is 28.2 Å². The summed E-state index contributed by atoms with van der Waals surface area (Å²) in [6.07, 6.45) is 1.62. The van der Waals surface area contributed by atoms with Gasteiger partial charge >= 0.3 is 0 Å². The average Bonchev–Trinajstić information content (AvgIpc) is 2.83. The molecule has 4 rings (SSSR count). The minimum absolute atomic E-state index is 0.0388. The van der Waals surface area contributed by atoms with Gasteiger partial charge in [-0.25, -0.2) is 15.0 Å². The van der Waals surface area contributed by atoms with Crippen LogP contribution in [0.4, 0.5) is 11.6 Å². The smallest absolute Gasteiger partial charge is 0.258 e. The molecule has 0 bridgehead atoms. The van der Waals surface area contributed by atoms with Crippen LogP contribution in [0, 0.1) is 10.1 Å². The van der Waals surface area contributed by atoms with Crippen molar-refractivity contribution in [3.05, 3.63) is 107 Å². The van der Waals surface area contributed by atoms with Gasteiger partial charge in [0.2, 0.25) is 5.95 Å². The Kier molecular flexibility index (Phi) is 5.75. The van der Waals surface area contributed by atoms with Gasteiger partial charge < -0.3 is 0 Å². The summed E-state index contributed by atoms with van der Waals surface area (Å²) in [5, 5.41) is 16.8. The second-order valence-corrected chi connectivity index (χ2v) is 6.79. The van der Waals surface area contributed by atoms with E-state index in [2.05, 4.69) is 5.10 Å². The minimum atomic E-state index is -0.429. The normalized spacial score (nSPS) is 10.9. The SMILES string of the molecule is CN(/N=C/c1ccc([N+](=O)[O-])cc1)c1nc(-c2ccccc2)cc(-c2ccccc2)n1. The third-order valence-electron chi connectivity index (χ3n) is 4.63. The summed E-state index contributed by atoms with van der Waals surface area (Å²) < 4.78 is 0. The molecule has 0 N–H and O–H groups in total. The van der Waals surface area contributed by atoms with Crippen LogP contribution >= 0.6 is 0 Å². The van der Waals surface area contributed by atoms with Gasteiger partial charge in [0, 0.05) is 30.3 Å². The van der Waals surface area contributed by atoms with Gasteiger partial charge in [-0.2, -0.15) is 5.10 Å². The predicted molar refractivity (Wildman–Crippen MR) is 122 cm³/mol. The summed E-state index contributed by atoms with van der Waals surface area (Å²) in [6.45, 7) is 0. The molecule has 4 aromatic rings. The number of nitrogens with zero attached hydrogens (tertiary/aromatic N) is 5. The van der Waals surface area contributed by atoms with Gasteiger partial charge in [0.1, 0.15) is 0 Å². The van der Waals surface area contributed by atoms with Crippen LogP contribution < -0.4 is 5.01 Å². The fourth-order valence-corrected chi connectivity index (χ4v) is 2.98. The average molecular weight is 409 g/mol. The number of anilines is 1. The van der Waals surface area contributed by atoms with Crippen LogP contribution in [0.2, 0.25) is 0 Å². The van der Waals surface area contributed by atoms with Gasteiger partial charge in [0.05, 0.1) is 22.5 Å². The Morgan fingerprint density at radius 1 is 0.839 bits per heavy atom. The van der Waals surface area contributed by atoms with E-state index < -0.39 is 4.92 Å². The molecule has 0 saturated heterocycles. The van der Waals surface area contributed by atoms with E-state index in [4.69, 9.17) is 9.97 Å². The standard InChI is InChI=1S/C24H19N5O2/c1-28(25-17-18-12-14-21(15-13-18)29(30)31)24-26-22(19-8-4-2-5-9-19)16-23(27-24)20-10-6-3-7-11-20/h2-17H,1H3/b25-17+. The quantitative estimate of drug-likeness (QED) is 0.249. The minimum Gasteiger partial charge on any atom is -0.258 e. The lowest BCUT2D eigenvalue weighted by Crippen LogP contribution is -2.13. The monoisotopic (exact) mass is 409 g/mol. The van der Waals surface area contributed by atoms with Gasteiger partial charge in [-0.3, -0.25) is 10.1 Å². The number of nitro groups is 1. The Hall–Kier alpha value is -4.39. The third-order valence-corrected chi connectivity index (χ3v) is 4.63.